The number of carboxylic acid groups (broad SMARTS) is 1. The van der Waals surface area contributed by atoms with Crippen molar-refractivity contribution in [1.82, 2.24) is 0 Å². The summed E-state index contributed by atoms with van der Waals surface area (Å²) in [4.78, 5) is 10.3. The van der Waals surface area contributed by atoms with Gasteiger partial charge in [-0.05, 0) is 35.0 Å². The lowest BCUT2D eigenvalue weighted by Crippen LogP contribution is -2.09. The Morgan fingerprint density at radius 1 is 1.47 bits per heavy atom. The standard InChI is InChI=1S/C11H13IO3/c12-6-2-4-9-3-1-5-10(7-9)15-8-11(13)14/h1,3,5,7H,2,4,6,8H2,(H,13,14). The van der Waals surface area contributed by atoms with Gasteiger partial charge in [-0.15, -0.1) is 0 Å². The molecule has 0 unspecified atom stereocenters. The predicted octanol–water partition coefficient (Wildman–Crippen LogP) is 2.52. The predicted molar refractivity (Wildman–Crippen MR) is 66.8 cm³/mol. The van der Waals surface area contributed by atoms with Crippen molar-refractivity contribution in [3.8, 4) is 5.75 Å². The first-order valence-corrected chi connectivity index (χ1v) is 6.24. The molecule has 82 valence electrons. The number of benzene rings is 1. The van der Waals surface area contributed by atoms with E-state index in [-0.39, 0.29) is 6.61 Å². The summed E-state index contributed by atoms with van der Waals surface area (Å²) in [5.41, 5.74) is 1.19. The van der Waals surface area contributed by atoms with Crippen LogP contribution in [0.15, 0.2) is 24.3 Å². The molecular formula is C11H13IO3. The second-order valence-electron chi connectivity index (χ2n) is 3.12. The van der Waals surface area contributed by atoms with E-state index in [1.54, 1.807) is 6.07 Å². The van der Waals surface area contributed by atoms with Gasteiger partial charge < -0.3 is 9.84 Å². The number of aliphatic carboxylic acids is 1. The van der Waals surface area contributed by atoms with Gasteiger partial charge >= 0.3 is 5.97 Å². The third kappa shape index (κ3) is 5.01. The molecule has 0 aliphatic heterocycles. The van der Waals surface area contributed by atoms with Crippen molar-refractivity contribution in [3.63, 3.8) is 0 Å². The highest BCUT2D eigenvalue weighted by molar-refractivity contribution is 14.1. The van der Waals surface area contributed by atoms with Crippen molar-refractivity contribution in [1.29, 1.82) is 0 Å². The topological polar surface area (TPSA) is 46.5 Å². The summed E-state index contributed by atoms with van der Waals surface area (Å²) in [6.07, 6.45) is 2.14. The minimum absolute atomic E-state index is 0.282. The van der Waals surface area contributed by atoms with Gasteiger partial charge in [-0.2, -0.15) is 0 Å². The zero-order valence-electron chi connectivity index (χ0n) is 8.28. The van der Waals surface area contributed by atoms with Gasteiger partial charge in [-0.1, -0.05) is 34.7 Å². The van der Waals surface area contributed by atoms with E-state index in [9.17, 15) is 4.79 Å². The molecule has 0 bridgehead atoms. The molecule has 0 saturated carbocycles. The van der Waals surface area contributed by atoms with Crippen LogP contribution >= 0.6 is 22.6 Å². The largest absolute Gasteiger partial charge is 0.482 e. The molecule has 0 heterocycles. The Labute approximate surface area is 103 Å². The van der Waals surface area contributed by atoms with E-state index >= 15 is 0 Å². The average molecular weight is 320 g/mol. The van der Waals surface area contributed by atoms with E-state index in [1.807, 2.05) is 18.2 Å². The van der Waals surface area contributed by atoms with E-state index in [4.69, 9.17) is 9.84 Å². The molecule has 1 aromatic carbocycles. The summed E-state index contributed by atoms with van der Waals surface area (Å²) in [5.74, 6) is -0.323. The van der Waals surface area contributed by atoms with Crippen LogP contribution in [-0.4, -0.2) is 22.1 Å². The molecule has 0 atom stereocenters. The minimum Gasteiger partial charge on any atom is -0.482 e. The highest BCUT2D eigenvalue weighted by Crippen LogP contribution is 2.14. The quantitative estimate of drug-likeness (QED) is 0.647. The second kappa shape index (κ2) is 6.66. The number of aryl methyl sites for hydroxylation is 1. The molecule has 1 rings (SSSR count). The maximum Gasteiger partial charge on any atom is 0.341 e. The number of hydrogen-bond acceptors (Lipinski definition) is 2. The van der Waals surface area contributed by atoms with E-state index in [2.05, 4.69) is 22.6 Å². The van der Waals surface area contributed by atoms with Crippen molar-refractivity contribution >= 4 is 28.6 Å². The van der Waals surface area contributed by atoms with Gasteiger partial charge in [-0.25, -0.2) is 4.79 Å². The van der Waals surface area contributed by atoms with Crippen molar-refractivity contribution in [2.24, 2.45) is 0 Å². The summed E-state index contributed by atoms with van der Waals surface area (Å²) >= 11 is 2.34. The number of carbonyl (C=O) groups is 1. The summed E-state index contributed by atoms with van der Waals surface area (Å²) in [6.45, 7) is -0.282. The molecule has 0 spiro atoms. The molecule has 0 aliphatic carbocycles. The lowest BCUT2D eigenvalue weighted by atomic mass is 10.1. The number of hydrogen-bond donors (Lipinski definition) is 1. The Hall–Kier alpha value is -0.780. The van der Waals surface area contributed by atoms with Crippen LogP contribution in [0.25, 0.3) is 0 Å². The SMILES string of the molecule is O=C(O)COc1cccc(CCCI)c1. The molecule has 0 aromatic heterocycles. The lowest BCUT2D eigenvalue weighted by Gasteiger charge is -2.05. The van der Waals surface area contributed by atoms with Crippen molar-refractivity contribution in [2.45, 2.75) is 12.8 Å². The molecule has 1 N–H and O–H groups in total. The van der Waals surface area contributed by atoms with Gasteiger partial charge in [-0.3, -0.25) is 0 Å². The Bertz CT molecular complexity index is 325. The first kappa shape index (κ1) is 12.3. The maximum absolute atomic E-state index is 10.3. The van der Waals surface area contributed by atoms with Crippen LogP contribution in [-0.2, 0) is 11.2 Å². The van der Waals surface area contributed by atoms with Crippen molar-refractivity contribution in [2.75, 3.05) is 11.0 Å². The fraction of sp³-hybridized carbons (Fsp3) is 0.364. The molecule has 0 aliphatic rings. The molecule has 0 amide bonds. The number of carboxylic acids is 1. The minimum atomic E-state index is -0.951. The molecule has 4 heteroatoms. The first-order valence-electron chi connectivity index (χ1n) is 4.72. The second-order valence-corrected chi connectivity index (χ2v) is 4.20. The van der Waals surface area contributed by atoms with Gasteiger partial charge in [0.2, 0.25) is 0 Å². The van der Waals surface area contributed by atoms with Crippen molar-refractivity contribution < 1.29 is 14.6 Å². The zero-order chi connectivity index (χ0) is 11.1. The fourth-order valence-corrected chi connectivity index (χ4v) is 1.59. The summed E-state index contributed by atoms with van der Waals surface area (Å²) < 4.78 is 6.21. The van der Waals surface area contributed by atoms with Crippen molar-refractivity contribution in [3.05, 3.63) is 29.8 Å². The highest BCUT2D eigenvalue weighted by atomic mass is 127. The Balaban J connectivity index is 2.53. The smallest absolute Gasteiger partial charge is 0.341 e. The Morgan fingerprint density at radius 3 is 2.93 bits per heavy atom. The van der Waals surface area contributed by atoms with Gasteiger partial charge in [0, 0.05) is 0 Å². The van der Waals surface area contributed by atoms with E-state index in [0.29, 0.717) is 5.75 Å². The summed E-state index contributed by atoms with van der Waals surface area (Å²) in [7, 11) is 0. The highest BCUT2D eigenvalue weighted by Gasteiger charge is 2.00. The number of ether oxygens (including phenoxy) is 1. The van der Waals surface area contributed by atoms with Crippen LogP contribution in [0.3, 0.4) is 0 Å². The van der Waals surface area contributed by atoms with E-state index in [0.717, 1.165) is 17.3 Å². The van der Waals surface area contributed by atoms with Crippen LogP contribution in [0.1, 0.15) is 12.0 Å². The molecule has 0 radical (unpaired) electrons. The van der Waals surface area contributed by atoms with Crippen LogP contribution in [0.5, 0.6) is 5.75 Å². The van der Waals surface area contributed by atoms with Gasteiger partial charge in [0.15, 0.2) is 6.61 Å². The van der Waals surface area contributed by atoms with Crippen LogP contribution < -0.4 is 4.74 Å². The van der Waals surface area contributed by atoms with Crippen LogP contribution in [0, 0.1) is 0 Å². The monoisotopic (exact) mass is 320 g/mol. The number of halogens is 1. The first-order chi connectivity index (χ1) is 7.22. The third-order valence-corrected chi connectivity index (χ3v) is 2.62. The van der Waals surface area contributed by atoms with Gasteiger partial charge in [0.1, 0.15) is 5.75 Å². The third-order valence-electron chi connectivity index (χ3n) is 1.86. The molecule has 3 nitrogen and oxygen atoms in total. The van der Waals surface area contributed by atoms with Gasteiger partial charge in [0.05, 0.1) is 0 Å². The number of rotatable bonds is 6. The molecule has 1 aromatic rings. The van der Waals surface area contributed by atoms with Crippen LogP contribution in [0.4, 0.5) is 0 Å². The molecule has 0 fully saturated rings. The summed E-state index contributed by atoms with van der Waals surface area (Å²) in [5, 5.41) is 8.46. The molecule has 15 heavy (non-hydrogen) atoms. The molecule has 0 saturated heterocycles. The normalized spacial score (nSPS) is 9.93. The van der Waals surface area contributed by atoms with E-state index < -0.39 is 5.97 Å². The van der Waals surface area contributed by atoms with Crippen LogP contribution in [0.2, 0.25) is 0 Å². The average Bonchev–Trinajstić information content (AvgIpc) is 2.24. The summed E-state index contributed by atoms with van der Waals surface area (Å²) in [6, 6.07) is 7.59. The Kier molecular flexibility index (Phi) is 5.45. The Morgan fingerprint density at radius 2 is 2.27 bits per heavy atom. The van der Waals surface area contributed by atoms with Gasteiger partial charge in [0.25, 0.3) is 0 Å². The lowest BCUT2D eigenvalue weighted by molar-refractivity contribution is -0.139. The maximum atomic E-state index is 10.3. The zero-order valence-corrected chi connectivity index (χ0v) is 10.4. The fourth-order valence-electron chi connectivity index (χ4n) is 1.21. The van der Waals surface area contributed by atoms with E-state index in [1.165, 1.54) is 5.56 Å². The number of alkyl halides is 1. The molecular weight excluding hydrogens is 307 g/mol.